The van der Waals surface area contributed by atoms with Crippen LogP contribution in [0.25, 0.3) is 10.2 Å². The van der Waals surface area contributed by atoms with Gasteiger partial charge in [0.25, 0.3) is 0 Å². The van der Waals surface area contributed by atoms with Crippen LogP contribution in [-0.2, 0) is 0 Å². The number of thiazole rings is 1. The van der Waals surface area contributed by atoms with Crippen molar-refractivity contribution < 1.29 is 0 Å². The molecule has 2 nitrogen and oxygen atoms in total. The van der Waals surface area contributed by atoms with Gasteiger partial charge in [0.15, 0.2) is 0 Å². The molecule has 2 N–H and O–H groups in total. The van der Waals surface area contributed by atoms with Gasteiger partial charge >= 0.3 is 0 Å². The summed E-state index contributed by atoms with van der Waals surface area (Å²) in [4.78, 5) is 4.52. The fourth-order valence-electron chi connectivity index (χ4n) is 1.38. The zero-order valence-corrected chi connectivity index (χ0v) is 9.27. The van der Waals surface area contributed by atoms with Gasteiger partial charge in [0.2, 0.25) is 0 Å². The molecular formula is C11H14N2S. The molecule has 0 saturated heterocycles. The average Bonchev–Trinajstić information content (AvgIpc) is 2.59. The number of hydrogen-bond acceptors (Lipinski definition) is 3. The first-order valence-corrected chi connectivity index (χ1v) is 5.65. The number of fused-ring (bicyclic) bond motifs is 1. The number of nitrogens with two attached hydrogens (primary N) is 1. The van der Waals surface area contributed by atoms with Crippen LogP contribution in [0.15, 0.2) is 18.2 Å². The molecule has 0 aliphatic rings. The van der Waals surface area contributed by atoms with Crippen molar-refractivity contribution in [2.45, 2.75) is 26.3 Å². The van der Waals surface area contributed by atoms with E-state index in [2.05, 4.69) is 37.0 Å². The second kappa shape index (κ2) is 3.67. The van der Waals surface area contributed by atoms with Gasteiger partial charge < -0.3 is 5.73 Å². The van der Waals surface area contributed by atoms with E-state index in [1.54, 1.807) is 11.3 Å². The van der Waals surface area contributed by atoms with Crippen molar-refractivity contribution in [2.75, 3.05) is 0 Å². The van der Waals surface area contributed by atoms with Crippen LogP contribution in [0.2, 0.25) is 0 Å². The number of nitrogens with zero attached hydrogens (tertiary/aromatic N) is 1. The predicted octanol–water partition coefficient (Wildman–Crippen LogP) is 3.01. The van der Waals surface area contributed by atoms with Gasteiger partial charge in [-0.1, -0.05) is 13.0 Å². The zero-order valence-electron chi connectivity index (χ0n) is 8.45. The summed E-state index contributed by atoms with van der Waals surface area (Å²) in [6, 6.07) is 6.41. The van der Waals surface area contributed by atoms with Crippen LogP contribution in [0.5, 0.6) is 0 Å². The molecule has 3 heteroatoms. The molecule has 2 rings (SSSR count). The lowest BCUT2D eigenvalue weighted by molar-refractivity contribution is 0.694. The third kappa shape index (κ3) is 1.65. The monoisotopic (exact) mass is 206 g/mol. The third-order valence-corrected chi connectivity index (χ3v) is 3.47. The van der Waals surface area contributed by atoms with Gasteiger partial charge in [0, 0.05) is 0 Å². The summed E-state index contributed by atoms with van der Waals surface area (Å²) < 4.78 is 1.24. The first kappa shape index (κ1) is 9.62. The SMILES string of the molecule is CCC(N)c1nc2ccc(C)cc2s1. The highest BCUT2D eigenvalue weighted by Gasteiger charge is 2.09. The van der Waals surface area contributed by atoms with Crippen LogP contribution < -0.4 is 5.73 Å². The van der Waals surface area contributed by atoms with E-state index in [1.807, 2.05) is 0 Å². The lowest BCUT2D eigenvalue weighted by Crippen LogP contribution is -2.07. The summed E-state index contributed by atoms with van der Waals surface area (Å²) >= 11 is 1.71. The minimum absolute atomic E-state index is 0.0905. The van der Waals surface area contributed by atoms with Gasteiger partial charge in [0.05, 0.1) is 16.3 Å². The van der Waals surface area contributed by atoms with Crippen molar-refractivity contribution in [1.82, 2.24) is 4.98 Å². The molecule has 0 aliphatic carbocycles. The summed E-state index contributed by atoms with van der Waals surface area (Å²) in [7, 11) is 0. The van der Waals surface area contributed by atoms with E-state index in [9.17, 15) is 0 Å². The maximum Gasteiger partial charge on any atom is 0.111 e. The molecule has 0 saturated carbocycles. The lowest BCUT2D eigenvalue weighted by Gasteiger charge is -2.01. The molecule has 0 amide bonds. The lowest BCUT2D eigenvalue weighted by atomic mass is 10.2. The molecule has 74 valence electrons. The van der Waals surface area contributed by atoms with Gasteiger partial charge in [-0.25, -0.2) is 4.98 Å². The molecule has 14 heavy (non-hydrogen) atoms. The summed E-state index contributed by atoms with van der Waals surface area (Å²) in [6.45, 7) is 4.18. The highest BCUT2D eigenvalue weighted by molar-refractivity contribution is 7.18. The Bertz CT molecular complexity index is 447. The van der Waals surface area contributed by atoms with E-state index in [-0.39, 0.29) is 6.04 Å². The number of aromatic nitrogens is 1. The van der Waals surface area contributed by atoms with Gasteiger partial charge in [0.1, 0.15) is 5.01 Å². The Hall–Kier alpha value is -0.930. The molecule has 1 unspecified atom stereocenters. The normalized spacial score (nSPS) is 13.4. The van der Waals surface area contributed by atoms with E-state index in [1.165, 1.54) is 10.3 Å². The molecule has 0 spiro atoms. The van der Waals surface area contributed by atoms with Gasteiger partial charge in [-0.2, -0.15) is 0 Å². The molecule has 0 aliphatic heterocycles. The summed E-state index contributed by atoms with van der Waals surface area (Å²) in [5.41, 5.74) is 8.29. The minimum atomic E-state index is 0.0905. The fraction of sp³-hybridized carbons (Fsp3) is 0.364. The standard InChI is InChI=1S/C11H14N2S/c1-3-8(12)11-13-9-5-4-7(2)6-10(9)14-11/h4-6,8H,3,12H2,1-2H3. The van der Waals surface area contributed by atoms with Crippen molar-refractivity contribution in [1.29, 1.82) is 0 Å². The molecule has 2 aromatic rings. The number of aryl methyl sites for hydroxylation is 1. The van der Waals surface area contributed by atoms with Crippen molar-refractivity contribution in [3.63, 3.8) is 0 Å². The highest BCUT2D eigenvalue weighted by atomic mass is 32.1. The van der Waals surface area contributed by atoms with E-state index in [0.29, 0.717) is 0 Å². The fourth-order valence-corrected chi connectivity index (χ4v) is 2.53. The van der Waals surface area contributed by atoms with Crippen LogP contribution in [0, 0.1) is 6.92 Å². The molecule has 1 atom stereocenters. The molecular weight excluding hydrogens is 192 g/mol. The first-order chi connectivity index (χ1) is 6.70. The maximum atomic E-state index is 5.94. The van der Waals surface area contributed by atoms with Crippen LogP contribution in [0.3, 0.4) is 0 Å². The Labute approximate surface area is 87.8 Å². The smallest absolute Gasteiger partial charge is 0.111 e. The van der Waals surface area contributed by atoms with Gasteiger partial charge in [-0.3, -0.25) is 0 Å². The summed E-state index contributed by atoms with van der Waals surface area (Å²) in [5, 5.41) is 1.05. The largest absolute Gasteiger partial charge is 0.322 e. The first-order valence-electron chi connectivity index (χ1n) is 4.83. The minimum Gasteiger partial charge on any atom is -0.322 e. The Balaban J connectivity index is 2.51. The Morgan fingerprint density at radius 1 is 1.50 bits per heavy atom. The molecule has 1 aromatic carbocycles. The van der Waals surface area contributed by atoms with E-state index >= 15 is 0 Å². The topological polar surface area (TPSA) is 38.9 Å². The highest BCUT2D eigenvalue weighted by Crippen LogP contribution is 2.27. The maximum absolute atomic E-state index is 5.94. The molecule has 0 radical (unpaired) electrons. The van der Waals surface area contributed by atoms with Crippen molar-refractivity contribution >= 4 is 21.6 Å². The Morgan fingerprint density at radius 2 is 2.29 bits per heavy atom. The van der Waals surface area contributed by atoms with Crippen LogP contribution in [-0.4, -0.2) is 4.98 Å². The van der Waals surface area contributed by atoms with Gasteiger partial charge in [-0.05, 0) is 31.0 Å². The molecule has 0 bridgehead atoms. The third-order valence-electron chi connectivity index (χ3n) is 2.32. The Morgan fingerprint density at radius 3 is 3.00 bits per heavy atom. The molecule has 0 fully saturated rings. The quantitative estimate of drug-likeness (QED) is 0.820. The summed E-state index contributed by atoms with van der Waals surface area (Å²) in [6.07, 6.45) is 0.943. The summed E-state index contributed by atoms with van der Waals surface area (Å²) in [5.74, 6) is 0. The Kier molecular flexibility index (Phi) is 2.52. The average molecular weight is 206 g/mol. The van der Waals surface area contributed by atoms with Crippen molar-refractivity contribution in [3.8, 4) is 0 Å². The van der Waals surface area contributed by atoms with Crippen LogP contribution in [0.1, 0.15) is 30.0 Å². The predicted molar refractivity (Wildman–Crippen MR) is 61.6 cm³/mol. The second-order valence-corrected chi connectivity index (χ2v) is 4.60. The molecule has 1 heterocycles. The zero-order chi connectivity index (χ0) is 10.1. The van der Waals surface area contributed by atoms with Crippen LogP contribution in [0.4, 0.5) is 0 Å². The van der Waals surface area contributed by atoms with Crippen molar-refractivity contribution in [3.05, 3.63) is 28.8 Å². The van der Waals surface area contributed by atoms with E-state index in [0.717, 1.165) is 16.9 Å². The number of benzene rings is 1. The van der Waals surface area contributed by atoms with E-state index in [4.69, 9.17) is 5.73 Å². The number of hydrogen-bond donors (Lipinski definition) is 1. The van der Waals surface area contributed by atoms with Crippen LogP contribution >= 0.6 is 11.3 Å². The van der Waals surface area contributed by atoms with E-state index < -0.39 is 0 Å². The van der Waals surface area contributed by atoms with Crippen molar-refractivity contribution in [2.24, 2.45) is 5.73 Å². The second-order valence-electron chi connectivity index (χ2n) is 3.54. The van der Waals surface area contributed by atoms with Gasteiger partial charge in [-0.15, -0.1) is 11.3 Å². The number of rotatable bonds is 2. The molecule has 1 aromatic heterocycles.